The number of halogens is 1. The minimum absolute atomic E-state index is 0.165. The highest BCUT2D eigenvalue weighted by molar-refractivity contribution is 6.31. The van der Waals surface area contributed by atoms with Gasteiger partial charge in [0, 0.05) is 40.6 Å². The second kappa shape index (κ2) is 9.23. The molecule has 0 bridgehead atoms. The summed E-state index contributed by atoms with van der Waals surface area (Å²) < 4.78 is 3.27. The van der Waals surface area contributed by atoms with Gasteiger partial charge in [-0.05, 0) is 77.4 Å². The molecule has 5 aromatic rings. The SMILES string of the molecule is CN(C(=O)O)c1ccc(-c2nnc(C3CCc4cc(-c5cc(Cl)ccc5-n5cnnn5)cc(=O)n43)[nH]2)cc1. The van der Waals surface area contributed by atoms with Crippen molar-refractivity contribution in [3.05, 3.63) is 87.8 Å². The Kier molecular flexibility index (Phi) is 5.72. The first-order valence-corrected chi connectivity index (χ1v) is 12.1. The Morgan fingerprint density at radius 2 is 1.92 bits per heavy atom. The Labute approximate surface area is 220 Å². The van der Waals surface area contributed by atoms with Crippen molar-refractivity contribution >= 4 is 23.4 Å². The number of pyridine rings is 1. The maximum atomic E-state index is 13.4. The first kappa shape index (κ1) is 23.6. The number of benzene rings is 2. The van der Waals surface area contributed by atoms with Crippen molar-refractivity contribution in [3.63, 3.8) is 0 Å². The van der Waals surface area contributed by atoms with Crippen LogP contribution in [0.3, 0.4) is 0 Å². The maximum Gasteiger partial charge on any atom is 0.411 e. The molecule has 3 aromatic heterocycles. The van der Waals surface area contributed by atoms with Crippen molar-refractivity contribution in [1.29, 1.82) is 0 Å². The molecule has 1 amide bonds. The summed E-state index contributed by atoms with van der Waals surface area (Å²) >= 11 is 6.29. The summed E-state index contributed by atoms with van der Waals surface area (Å²) in [7, 11) is 1.48. The second-order valence-corrected chi connectivity index (χ2v) is 9.30. The summed E-state index contributed by atoms with van der Waals surface area (Å²) in [6.07, 6.45) is 1.81. The molecule has 0 spiro atoms. The molecule has 2 N–H and O–H groups in total. The Hall–Kier alpha value is -4.84. The number of fused-ring (bicyclic) bond motifs is 1. The molecule has 12 nitrogen and oxygen atoms in total. The highest BCUT2D eigenvalue weighted by Crippen LogP contribution is 2.34. The number of H-pyrrole nitrogens is 1. The molecule has 1 unspecified atom stereocenters. The Morgan fingerprint density at radius 3 is 2.66 bits per heavy atom. The van der Waals surface area contributed by atoms with Crippen LogP contribution in [0.4, 0.5) is 10.5 Å². The van der Waals surface area contributed by atoms with Crippen LogP contribution in [0.5, 0.6) is 0 Å². The van der Waals surface area contributed by atoms with Crippen LogP contribution in [0, 0.1) is 0 Å². The fourth-order valence-corrected chi connectivity index (χ4v) is 4.90. The van der Waals surface area contributed by atoms with Crippen LogP contribution >= 0.6 is 11.6 Å². The number of hydrogen-bond donors (Lipinski definition) is 2. The molecule has 0 saturated heterocycles. The smallest absolute Gasteiger partial charge is 0.411 e. The molecule has 2 aromatic carbocycles. The standard InChI is InChI=1S/C25H20ClN9O3/c1-33(25(37)38)17-5-2-14(3-6-17)23-28-24(30-29-23)21-9-7-18-10-15(11-22(36)35(18)21)19-12-16(26)4-8-20(19)34-13-27-31-32-34/h2-6,8,10-13,21H,7,9H2,1H3,(H,37,38)(H,28,29,30). The summed E-state index contributed by atoms with van der Waals surface area (Å²) in [6.45, 7) is 0. The number of tetrazole rings is 1. The molecule has 190 valence electrons. The normalized spacial score (nSPS) is 14.4. The van der Waals surface area contributed by atoms with Gasteiger partial charge < -0.3 is 14.7 Å². The van der Waals surface area contributed by atoms with E-state index in [1.807, 2.05) is 12.1 Å². The highest BCUT2D eigenvalue weighted by atomic mass is 35.5. The molecule has 1 aliphatic rings. The predicted molar refractivity (Wildman–Crippen MR) is 139 cm³/mol. The van der Waals surface area contributed by atoms with Gasteiger partial charge in [-0.1, -0.05) is 11.6 Å². The number of aromatic amines is 1. The maximum absolute atomic E-state index is 13.4. The van der Waals surface area contributed by atoms with Crippen LogP contribution in [0.15, 0.2) is 65.7 Å². The van der Waals surface area contributed by atoms with Gasteiger partial charge >= 0.3 is 6.09 Å². The summed E-state index contributed by atoms with van der Waals surface area (Å²) in [5.74, 6) is 1.12. The molecule has 1 atom stereocenters. The molecule has 0 aliphatic carbocycles. The number of carboxylic acid groups (broad SMARTS) is 1. The van der Waals surface area contributed by atoms with Crippen LogP contribution in [-0.2, 0) is 6.42 Å². The Morgan fingerprint density at radius 1 is 1.11 bits per heavy atom. The van der Waals surface area contributed by atoms with E-state index in [1.54, 1.807) is 47.0 Å². The van der Waals surface area contributed by atoms with E-state index in [9.17, 15) is 9.59 Å². The molecule has 38 heavy (non-hydrogen) atoms. The van der Waals surface area contributed by atoms with E-state index in [-0.39, 0.29) is 11.6 Å². The van der Waals surface area contributed by atoms with Gasteiger partial charge in [0.2, 0.25) is 0 Å². The molecular formula is C25H20ClN9O3. The number of carbonyl (C=O) groups is 1. The van der Waals surface area contributed by atoms with Crippen LogP contribution in [-0.4, -0.2) is 58.2 Å². The molecule has 6 rings (SSSR count). The number of nitrogens with one attached hydrogen (secondary N) is 1. The third-order valence-corrected chi connectivity index (χ3v) is 6.87. The lowest BCUT2D eigenvalue weighted by Crippen LogP contribution is -2.24. The first-order chi connectivity index (χ1) is 18.4. The van der Waals surface area contributed by atoms with Gasteiger partial charge in [-0.3, -0.25) is 9.69 Å². The van der Waals surface area contributed by atoms with Gasteiger partial charge in [-0.15, -0.1) is 15.3 Å². The number of amides is 1. The average Bonchev–Trinajstić information content (AvgIpc) is 3.69. The summed E-state index contributed by atoms with van der Waals surface area (Å²) in [6, 6.07) is 15.6. The molecular weight excluding hydrogens is 510 g/mol. The van der Waals surface area contributed by atoms with Crippen molar-refractivity contribution in [2.24, 2.45) is 0 Å². The van der Waals surface area contributed by atoms with Gasteiger partial charge in [0.25, 0.3) is 5.56 Å². The third-order valence-electron chi connectivity index (χ3n) is 6.63. The molecule has 0 radical (unpaired) electrons. The Balaban J connectivity index is 1.32. The van der Waals surface area contributed by atoms with Gasteiger partial charge in [0.05, 0.1) is 11.7 Å². The largest absolute Gasteiger partial charge is 0.465 e. The lowest BCUT2D eigenvalue weighted by atomic mass is 10.0. The summed E-state index contributed by atoms with van der Waals surface area (Å²) in [5.41, 5.74) is 4.17. The predicted octanol–water partition coefficient (Wildman–Crippen LogP) is 3.58. The second-order valence-electron chi connectivity index (χ2n) is 8.86. The number of hydrogen-bond acceptors (Lipinski definition) is 7. The minimum atomic E-state index is -1.05. The lowest BCUT2D eigenvalue weighted by molar-refractivity contribution is 0.203. The van der Waals surface area contributed by atoms with E-state index in [0.717, 1.165) is 27.3 Å². The van der Waals surface area contributed by atoms with Crippen molar-refractivity contribution < 1.29 is 9.90 Å². The van der Waals surface area contributed by atoms with E-state index < -0.39 is 6.09 Å². The summed E-state index contributed by atoms with van der Waals surface area (Å²) in [4.78, 5) is 28.9. The quantitative estimate of drug-likeness (QED) is 0.351. The molecule has 13 heteroatoms. The zero-order valence-corrected chi connectivity index (χ0v) is 20.7. The monoisotopic (exact) mass is 529 g/mol. The number of rotatable bonds is 5. The topological polar surface area (TPSA) is 148 Å². The minimum Gasteiger partial charge on any atom is -0.465 e. The number of aryl methyl sites for hydroxylation is 1. The van der Waals surface area contributed by atoms with E-state index in [4.69, 9.17) is 16.7 Å². The fourth-order valence-electron chi connectivity index (χ4n) is 4.73. The van der Waals surface area contributed by atoms with Crippen LogP contribution in [0.1, 0.15) is 24.0 Å². The highest BCUT2D eigenvalue weighted by Gasteiger charge is 2.28. The number of nitrogens with zero attached hydrogens (tertiary/aromatic N) is 8. The van der Waals surface area contributed by atoms with Crippen molar-refractivity contribution in [2.45, 2.75) is 18.9 Å². The average molecular weight is 530 g/mol. The molecule has 0 saturated carbocycles. The van der Waals surface area contributed by atoms with Crippen molar-refractivity contribution in [2.75, 3.05) is 11.9 Å². The van der Waals surface area contributed by atoms with Crippen LogP contribution in [0.2, 0.25) is 5.02 Å². The zero-order chi connectivity index (χ0) is 26.4. The fraction of sp³-hybridized carbons (Fsp3) is 0.160. The van der Waals surface area contributed by atoms with E-state index in [1.165, 1.54) is 18.1 Å². The van der Waals surface area contributed by atoms with Crippen LogP contribution in [0.25, 0.3) is 28.2 Å². The van der Waals surface area contributed by atoms with Gasteiger partial charge in [-0.25, -0.2) is 4.79 Å². The molecule has 0 fully saturated rings. The first-order valence-electron chi connectivity index (χ1n) is 11.7. The molecule has 4 heterocycles. The van der Waals surface area contributed by atoms with E-state index >= 15 is 0 Å². The van der Waals surface area contributed by atoms with E-state index in [0.29, 0.717) is 40.9 Å². The zero-order valence-electron chi connectivity index (χ0n) is 20.0. The van der Waals surface area contributed by atoms with E-state index in [2.05, 4.69) is 30.7 Å². The van der Waals surface area contributed by atoms with Crippen molar-refractivity contribution in [1.82, 2.24) is 40.0 Å². The summed E-state index contributed by atoms with van der Waals surface area (Å²) in [5, 5.41) is 29.7. The lowest BCUT2D eigenvalue weighted by Gasteiger charge is -2.14. The molecule has 1 aliphatic heterocycles. The van der Waals surface area contributed by atoms with Gasteiger partial charge in [-0.2, -0.15) is 4.68 Å². The number of anilines is 1. The van der Waals surface area contributed by atoms with Crippen LogP contribution < -0.4 is 10.5 Å². The van der Waals surface area contributed by atoms with Crippen molar-refractivity contribution in [3.8, 4) is 28.2 Å². The number of aromatic nitrogens is 8. The third kappa shape index (κ3) is 4.10. The van der Waals surface area contributed by atoms with Gasteiger partial charge in [0.15, 0.2) is 11.6 Å². The Bertz CT molecular complexity index is 1710. The van der Waals surface area contributed by atoms with Gasteiger partial charge in [0.1, 0.15) is 6.33 Å².